The summed E-state index contributed by atoms with van der Waals surface area (Å²) in [6.45, 7) is 6.38. The number of carbonyl (C=O) groups excluding carboxylic acids is 6. The van der Waals surface area contributed by atoms with Gasteiger partial charge in [-0.25, -0.2) is 4.79 Å². The highest BCUT2D eigenvalue weighted by Crippen LogP contribution is 2.28. The van der Waals surface area contributed by atoms with Gasteiger partial charge >= 0.3 is 5.97 Å². The molecular formula is C48H63N5O9. The number of fused-ring (bicyclic) bond motifs is 12. The zero-order valence-electron chi connectivity index (χ0n) is 36.4. The summed E-state index contributed by atoms with van der Waals surface area (Å²) in [6, 6.07) is 19.2. The van der Waals surface area contributed by atoms with Gasteiger partial charge in [-0.15, -0.1) is 0 Å². The molecule has 14 heteroatoms. The minimum atomic E-state index is -1.78. The zero-order valence-corrected chi connectivity index (χ0v) is 36.4. The molecule has 0 spiro atoms. The Bertz CT molecular complexity index is 1980. The standard InChI is InChI=1S/C48H63N5O9/c1-5-15-37(43(56)46(59)49-30-40(55)53-42(34-20-10-7-11-21-34)47(60)62-48(2,3)4)50-44(57)38-29-32-17-14-22-36(28-32)61-35-26-24-31(25-27-35)16-12-13-23-39(54)52-41(45(58)51-38)33-18-8-6-9-19-33/h7,10-11,14,17,20-22,24-28,33,37-38,41-43,56H,5-6,8-9,12-13,15-16,18-19,23,29-30H2,1-4H3,(H,49,59)(H,50,57)(H,51,58)(H,52,54)(H,53,55)/t37?,38-,41+,42-,43?/m0/s1. The molecule has 2 unspecified atom stereocenters. The summed E-state index contributed by atoms with van der Waals surface area (Å²) in [5, 5.41) is 25.1. The Morgan fingerprint density at radius 1 is 0.823 bits per heavy atom. The summed E-state index contributed by atoms with van der Waals surface area (Å²) in [4.78, 5) is 81.5. The van der Waals surface area contributed by atoms with E-state index in [-0.39, 0.29) is 31.1 Å². The molecule has 14 nitrogen and oxygen atoms in total. The highest BCUT2D eigenvalue weighted by Gasteiger charge is 2.36. The van der Waals surface area contributed by atoms with E-state index in [0.29, 0.717) is 35.5 Å². The number of aryl methyl sites for hydroxylation is 1. The highest BCUT2D eigenvalue weighted by molar-refractivity contribution is 5.93. The van der Waals surface area contributed by atoms with Crippen LogP contribution in [0.5, 0.6) is 11.5 Å². The van der Waals surface area contributed by atoms with Gasteiger partial charge in [-0.3, -0.25) is 24.0 Å². The van der Waals surface area contributed by atoms with Gasteiger partial charge in [0.05, 0.1) is 12.6 Å². The van der Waals surface area contributed by atoms with Crippen molar-refractivity contribution in [3.05, 3.63) is 95.6 Å². The molecule has 5 amide bonds. The molecule has 5 atom stereocenters. The van der Waals surface area contributed by atoms with Gasteiger partial charge in [0.1, 0.15) is 29.2 Å². The third-order valence-corrected chi connectivity index (χ3v) is 11.1. The average Bonchev–Trinajstić information content (AvgIpc) is 3.25. The second kappa shape index (κ2) is 22.9. The second-order valence-corrected chi connectivity index (χ2v) is 17.3. The van der Waals surface area contributed by atoms with Crippen LogP contribution in [0.25, 0.3) is 0 Å². The minimum Gasteiger partial charge on any atom is -0.458 e. The molecule has 0 saturated heterocycles. The van der Waals surface area contributed by atoms with Gasteiger partial charge in [0.25, 0.3) is 5.91 Å². The van der Waals surface area contributed by atoms with Gasteiger partial charge in [0.15, 0.2) is 12.1 Å². The normalized spacial score (nSPS) is 19.4. The van der Waals surface area contributed by atoms with Crippen LogP contribution in [0.4, 0.5) is 0 Å². The lowest BCUT2D eigenvalue weighted by Gasteiger charge is -2.32. The molecule has 3 aliphatic rings. The first-order valence-corrected chi connectivity index (χ1v) is 22.0. The maximum absolute atomic E-state index is 14.3. The molecule has 0 aromatic heterocycles. The van der Waals surface area contributed by atoms with E-state index in [1.165, 1.54) is 0 Å². The Balaban J connectivity index is 1.33. The molecule has 2 heterocycles. The van der Waals surface area contributed by atoms with Gasteiger partial charge in [-0.1, -0.05) is 87.2 Å². The molecule has 3 aromatic carbocycles. The van der Waals surface area contributed by atoms with Crippen molar-refractivity contribution in [1.29, 1.82) is 0 Å². The zero-order chi connectivity index (χ0) is 44.6. The molecule has 2 aliphatic heterocycles. The minimum absolute atomic E-state index is 0.0284. The molecule has 3 aromatic rings. The van der Waals surface area contributed by atoms with Crippen LogP contribution in [0.2, 0.25) is 0 Å². The molecule has 0 radical (unpaired) electrons. The van der Waals surface area contributed by atoms with Gasteiger partial charge < -0.3 is 41.2 Å². The number of esters is 1. The number of benzene rings is 3. The number of ether oxygens (including phenoxy) is 2. The maximum Gasteiger partial charge on any atom is 0.333 e. The predicted octanol–water partition coefficient (Wildman–Crippen LogP) is 5.26. The van der Waals surface area contributed by atoms with E-state index in [1.807, 2.05) is 37.3 Å². The third kappa shape index (κ3) is 14.7. The Morgan fingerprint density at radius 2 is 1.53 bits per heavy atom. The lowest BCUT2D eigenvalue weighted by molar-refractivity contribution is -0.158. The molecule has 1 fully saturated rings. The number of carbonyl (C=O) groups is 6. The van der Waals surface area contributed by atoms with E-state index < -0.39 is 72.0 Å². The van der Waals surface area contributed by atoms with Crippen LogP contribution in [0.3, 0.4) is 0 Å². The SMILES string of the molecule is CCCC(NC(=O)[C@@H]1Cc2cccc(c2)Oc2ccc(cc2)CCCCC(=O)N[C@H](C2CCCCC2)C(=O)N1)C(O)C(=O)NCC(=O)N[C@H](C(=O)OC(C)(C)C)c1ccccc1. The van der Waals surface area contributed by atoms with Crippen LogP contribution in [0, 0.1) is 5.92 Å². The first-order valence-electron chi connectivity index (χ1n) is 22.0. The largest absolute Gasteiger partial charge is 0.458 e. The molecule has 62 heavy (non-hydrogen) atoms. The van der Waals surface area contributed by atoms with E-state index in [1.54, 1.807) is 69.3 Å². The van der Waals surface area contributed by atoms with E-state index in [9.17, 15) is 33.9 Å². The second-order valence-electron chi connectivity index (χ2n) is 17.3. The molecule has 4 bridgehead atoms. The lowest BCUT2D eigenvalue weighted by atomic mass is 9.83. The van der Waals surface area contributed by atoms with Crippen molar-refractivity contribution in [2.45, 2.75) is 141 Å². The lowest BCUT2D eigenvalue weighted by Crippen LogP contribution is -2.59. The number of amides is 5. The third-order valence-electron chi connectivity index (χ3n) is 11.1. The number of rotatable bonds is 12. The van der Waals surface area contributed by atoms with Gasteiger partial charge in [0, 0.05) is 12.8 Å². The fourth-order valence-electron chi connectivity index (χ4n) is 7.88. The summed E-state index contributed by atoms with van der Waals surface area (Å²) < 4.78 is 11.7. The highest BCUT2D eigenvalue weighted by atomic mass is 16.6. The number of aliphatic hydroxyl groups is 1. The fraction of sp³-hybridized carbons (Fsp3) is 0.500. The monoisotopic (exact) mass is 853 g/mol. The Kier molecular flexibility index (Phi) is 17.5. The van der Waals surface area contributed by atoms with E-state index in [4.69, 9.17) is 9.47 Å². The number of aliphatic hydroxyl groups excluding tert-OH is 1. The van der Waals surface area contributed by atoms with Crippen molar-refractivity contribution in [2.75, 3.05) is 6.54 Å². The molecule has 6 N–H and O–H groups in total. The summed E-state index contributed by atoms with van der Waals surface area (Å²) in [5.74, 6) is -2.61. The van der Waals surface area contributed by atoms with E-state index in [0.717, 1.165) is 50.5 Å². The Hall–Kier alpha value is -5.76. The van der Waals surface area contributed by atoms with Crippen LogP contribution < -0.4 is 31.3 Å². The summed E-state index contributed by atoms with van der Waals surface area (Å²) in [6.07, 6.45) is 5.80. The first kappa shape index (κ1) is 47.3. The van der Waals surface area contributed by atoms with Gasteiger partial charge in [-0.05, 0) is 106 Å². The average molecular weight is 854 g/mol. The summed E-state index contributed by atoms with van der Waals surface area (Å²) in [7, 11) is 0. The maximum atomic E-state index is 14.3. The van der Waals surface area contributed by atoms with Crippen molar-refractivity contribution in [2.24, 2.45) is 5.92 Å². The van der Waals surface area contributed by atoms with Crippen LogP contribution in [-0.2, 0) is 46.3 Å². The molecule has 1 saturated carbocycles. The predicted molar refractivity (Wildman–Crippen MR) is 234 cm³/mol. The van der Waals surface area contributed by atoms with Crippen molar-refractivity contribution >= 4 is 35.5 Å². The van der Waals surface area contributed by atoms with Crippen molar-refractivity contribution in [3.63, 3.8) is 0 Å². The van der Waals surface area contributed by atoms with Crippen LogP contribution >= 0.6 is 0 Å². The fourth-order valence-corrected chi connectivity index (χ4v) is 7.88. The topological polar surface area (TPSA) is 201 Å². The quantitative estimate of drug-likeness (QED) is 0.132. The Morgan fingerprint density at radius 3 is 2.23 bits per heavy atom. The van der Waals surface area contributed by atoms with Crippen molar-refractivity contribution < 1.29 is 43.3 Å². The molecule has 6 rings (SSSR count). The van der Waals surface area contributed by atoms with Crippen LogP contribution in [0.15, 0.2) is 78.9 Å². The first-order chi connectivity index (χ1) is 29.7. The van der Waals surface area contributed by atoms with Gasteiger partial charge in [-0.2, -0.15) is 0 Å². The van der Waals surface area contributed by atoms with Crippen molar-refractivity contribution in [3.8, 4) is 11.5 Å². The van der Waals surface area contributed by atoms with Crippen molar-refractivity contribution in [1.82, 2.24) is 26.6 Å². The number of hydrogen-bond donors (Lipinski definition) is 6. The van der Waals surface area contributed by atoms with E-state index >= 15 is 0 Å². The summed E-state index contributed by atoms with van der Waals surface area (Å²) >= 11 is 0. The van der Waals surface area contributed by atoms with E-state index in [2.05, 4.69) is 26.6 Å². The number of nitrogens with one attached hydrogen (secondary N) is 5. The molecular weight excluding hydrogens is 791 g/mol. The summed E-state index contributed by atoms with van der Waals surface area (Å²) in [5.41, 5.74) is 1.46. The Labute approximate surface area is 364 Å². The molecule has 334 valence electrons. The smallest absolute Gasteiger partial charge is 0.333 e. The van der Waals surface area contributed by atoms with Gasteiger partial charge in [0.2, 0.25) is 23.6 Å². The van der Waals surface area contributed by atoms with Crippen LogP contribution in [-0.4, -0.2) is 77.0 Å². The van der Waals surface area contributed by atoms with Crippen LogP contribution in [0.1, 0.15) is 115 Å². The number of hydrogen-bond acceptors (Lipinski definition) is 9. The molecule has 1 aliphatic carbocycles.